The average Bonchev–Trinajstić information content (AvgIpc) is 2.80. The molecule has 0 radical (unpaired) electrons. The minimum absolute atomic E-state index is 0.0853. The highest BCUT2D eigenvalue weighted by atomic mass is 16.5. The Morgan fingerprint density at radius 2 is 1.81 bits per heavy atom. The van der Waals surface area contributed by atoms with Crippen molar-refractivity contribution < 1.29 is 9.53 Å². The number of aromatic nitrogens is 1. The maximum atomic E-state index is 13.0. The van der Waals surface area contributed by atoms with E-state index < -0.39 is 0 Å². The van der Waals surface area contributed by atoms with Crippen molar-refractivity contribution in [3.8, 4) is 5.75 Å². The van der Waals surface area contributed by atoms with Gasteiger partial charge in [-0.05, 0) is 57.2 Å². The van der Waals surface area contributed by atoms with E-state index in [-0.39, 0.29) is 5.91 Å². The molecule has 0 fully saturated rings. The Kier molecular flexibility index (Phi) is 8.24. The van der Waals surface area contributed by atoms with Crippen molar-refractivity contribution in [2.24, 2.45) is 0 Å². The number of hydrogen-bond acceptors (Lipinski definition) is 5. The summed E-state index contributed by atoms with van der Waals surface area (Å²) in [6, 6.07) is 17.2. The van der Waals surface area contributed by atoms with Gasteiger partial charge >= 0.3 is 0 Å². The van der Waals surface area contributed by atoms with E-state index in [2.05, 4.69) is 34.5 Å². The van der Waals surface area contributed by atoms with Crippen LogP contribution in [0.25, 0.3) is 10.9 Å². The molecule has 1 heterocycles. The highest BCUT2D eigenvalue weighted by molar-refractivity contribution is 6.07. The summed E-state index contributed by atoms with van der Waals surface area (Å²) in [4.78, 5) is 20.0. The molecule has 0 saturated heterocycles. The van der Waals surface area contributed by atoms with E-state index in [9.17, 15) is 4.79 Å². The number of ether oxygens (including phenoxy) is 1. The van der Waals surface area contributed by atoms with Crippen LogP contribution in [-0.4, -0.2) is 49.6 Å². The summed E-state index contributed by atoms with van der Waals surface area (Å²) in [5.74, 6) is 1.24. The lowest BCUT2D eigenvalue weighted by atomic mass is 10.1. The number of amides is 1. The van der Waals surface area contributed by atoms with Gasteiger partial charge in [-0.25, -0.2) is 4.98 Å². The molecule has 31 heavy (non-hydrogen) atoms. The Balaban J connectivity index is 1.74. The Bertz CT molecular complexity index is 1010. The molecule has 0 unspecified atom stereocenters. The molecule has 2 N–H and O–H groups in total. The molecule has 0 aliphatic carbocycles. The third-order valence-corrected chi connectivity index (χ3v) is 5.23. The largest absolute Gasteiger partial charge is 0.495 e. The zero-order valence-electron chi connectivity index (χ0n) is 18.6. The fourth-order valence-corrected chi connectivity index (χ4v) is 3.50. The molecule has 0 atom stereocenters. The summed E-state index contributed by atoms with van der Waals surface area (Å²) in [7, 11) is 3.76. The summed E-state index contributed by atoms with van der Waals surface area (Å²) in [5, 5.41) is 7.20. The van der Waals surface area contributed by atoms with Gasteiger partial charge in [0.1, 0.15) is 11.6 Å². The Morgan fingerprint density at radius 1 is 1.06 bits per heavy atom. The van der Waals surface area contributed by atoms with Crippen LogP contribution in [0.4, 0.5) is 11.5 Å². The number of pyridine rings is 1. The molecule has 0 bridgehead atoms. The fourth-order valence-electron chi connectivity index (χ4n) is 3.50. The molecule has 3 rings (SSSR count). The second kappa shape index (κ2) is 11.3. The quantitative estimate of drug-likeness (QED) is 0.435. The van der Waals surface area contributed by atoms with E-state index in [0.29, 0.717) is 17.9 Å². The van der Waals surface area contributed by atoms with Crippen molar-refractivity contribution in [3.63, 3.8) is 0 Å². The number of nitrogens with zero attached hydrogens (tertiary/aromatic N) is 2. The predicted octanol–water partition coefficient (Wildman–Crippen LogP) is 4.84. The molecule has 0 saturated carbocycles. The van der Waals surface area contributed by atoms with Gasteiger partial charge in [-0.3, -0.25) is 4.79 Å². The highest BCUT2D eigenvalue weighted by Gasteiger charge is 2.14. The van der Waals surface area contributed by atoms with Gasteiger partial charge in [0.15, 0.2) is 0 Å². The molecule has 1 aromatic heterocycles. The monoisotopic (exact) mass is 420 g/mol. The van der Waals surface area contributed by atoms with Crippen LogP contribution in [0, 0.1) is 0 Å². The standard InChI is InChI=1S/C25H32N4O2/c1-4-5-16-29(2)17-10-15-26-25(30)20-18-24(27-21-12-7-6-11-19(20)21)28-22-13-8-9-14-23(22)31-3/h6-9,11-14,18H,4-5,10,15-17H2,1-3H3,(H,26,30)(H,27,28). The van der Waals surface area contributed by atoms with E-state index >= 15 is 0 Å². The van der Waals surface area contributed by atoms with Gasteiger partial charge < -0.3 is 20.3 Å². The Labute approximate surface area is 184 Å². The highest BCUT2D eigenvalue weighted by Crippen LogP contribution is 2.28. The van der Waals surface area contributed by atoms with E-state index in [4.69, 9.17) is 4.74 Å². The minimum Gasteiger partial charge on any atom is -0.495 e. The number of methoxy groups -OCH3 is 1. The summed E-state index contributed by atoms with van der Waals surface area (Å²) < 4.78 is 5.42. The molecule has 2 aromatic carbocycles. The summed E-state index contributed by atoms with van der Waals surface area (Å²) in [5.41, 5.74) is 2.18. The van der Waals surface area contributed by atoms with Gasteiger partial charge in [-0.15, -0.1) is 0 Å². The summed E-state index contributed by atoms with van der Waals surface area (Å²) >= 11 is 0. The number of hydrogen-bond donors (Lipinski definition) is 2. The van der Waals surface area contributed by atoms with Crippen LogP contribution < -0.4 is 15.4 Å². The predicted molar refractivity (Wildman–Crippen MR) is 127 cm³/mol. The first-order valence-electron chi connectivity index (χ1n) is 10.9. The third-order valence-electron chi connectivity index (χ3n) is 5.23. The lowest BCUT2D eigenvalue weighted by molar-refractivity contribution is 0.0953. The first-order chi connectivity index (χ1) is 15.1. The molecule has 0 aliphatic rings. The average molecular weight is 421 g/mol. The molecule has 6 nitrogen and oxygen atoms in total. The maximum absolute atomic E-state index is 13.0. The van der Waals surface area contributed by atoms with Crippen LogP contribution in [0.3, 0.4) is 0 Å². The molecule has 0 spiro atoms. The lowest BCUT2D eigenvalue weighted by Gasteiger charge is -2.16. The van der Waals surface area contributed by atoms with E-state index in [0.717, 1.165) is 41.9 Å². The van der Waals surface area contributed by atoms with Gasteiger partial charge in [-0.2, -0.15) is 0 Å². The summed E-state index contributed by atoms with van der Waals surface area (Å²) in [6.45, 7) is 4.90. The molecule has 0 aliphatic heterocycles. The van der Waals surface area contributed by atoms with E-state index in [1.807, 2.05) is 48.5 Å². The zero-order chi connectivity index (χ0) is 22.1. The van der Waals surface area contributed by atoms with Crippen LogP contribution in [0.15, 0.2) is 54.6 Å². The van der Waals surface area contributed by atoms with Crippen molar-refractivity contribution in [2.45, 2.75) is 26.2 Å². The summed E-state index contributed by atoms with van der Waals surface area (Å²) in [6.07, 6.45) is 3.32. The van der Waals surface area contributed by atoms with Crippen LogP contribution in [0.1, 0.15) is 36.5 Å². The second-order valence-corrected chi connectivity index (χ2v) is 7.66. The third kappa shape index (κ3) is 6.18. The fraction of sp³-hybridized carbons (Fsp3) is 0.360. The van der Waals surface area contributed by atoms with Crippen molar-refractivity contribution in [1.82, 2.24) is 15.2 Å². The van der Waals surface area contributed by atoms with E-state index in [1.54, 1.807) is 13.2 Å². The van der Waals surface area contributed by atoms with Crippen molar-refractivity contribution in [3.05, 3.63) is 60.2 Å². The van der Waals surface area contributed by atoms with Crippen LogP contribution in [0.2, 0.25) is 0 Å². The number of anilines is 2. The smallest absolute Gasteiger partial charge is 0.252 e. The number of benzene rings is 2. The minimum atomic E-state index is -0.0853. The van der Waals surface area contributed by atoms with Crippen LogP contribution in [-0.2, 0) is 0 Å². The normalized spacial score (nSPS) is 11.0. The number of nitrogens with one attached hydrogen (secondary N) is 2. The van der Waals surface area contributed by atoms with Crippen molar-refractivity contribution >= 4 is 28.3 Å². The lowest BCUT2D eigenvalue weighted by Crippen LogP contribution is -2.28. The SMILES string of the molecule is CCCCN(C)CCCNC(=O)c1cc(Nc2ccccc2OC)nc2ccccc12. The number of para-hydroxylation sites is 3. The molecular formula is C25H32N4O2. The first-order valence-corrected chi connectivity index (χ1v) is 10.9. The second-order valence-electron chi connectivity index (χ2n) is 7.66. The van der Waals surface area contributed by atoms with E-state index in [1.165, 1.54) is 12.8 Å². The van der Waals surface area contributed by atoms with Gasteiger partial charge in [0.2, 0.25) is 0 Å². The topological polar surface area (TPSA) is 66.5 Å². The first kappa shape index (κ1) is 22.6. The molecule has 6 heteroatoms. The van der Waals surface area contributed by atoms with Crippen LogP contribution in [0.5, 0.6) is 5.75 Å². The number of carbonyl (C=O) groups excluding carboxylic acids is 1. The van der Waals surface area contributed by atoms with Gasteiger partial charge in [0.05, 0.1) is 23.9 Å². The number of fused-ring (bicyclic) bond motifs is 1. The molecule has 164 valence electrons. The van der Waals surface area contributed by atoms with Gasteiger partial charge in [-0.1, -0.05) is 43.7 Å². The Hall–Kier alpha value is -3.12. The molecular weight excluding hydrogens is 388 g/mol. The zero-order valence-corrected chi connectivity index (χ0v) is 18.6. The van der Waals surface area contributed by atoms with Crippen molar-refractivity contribution in [2.75, 3.05) is 39.1 Å². The number of carbonyl (C=O) groups is 1. The molecule has 3 aromatic rings. The van der Waals surface area contributed by atoms with Gasteiger partial charge in [0, 0.05) is 11.9 Å². The number of unbranched alkanes of at least 4 members (excludes halogenated alkanes) is 1. The maximum Gasteiger partial charge on any atom is 0.252 e. The number of rotatable bonds is 11. The Morgan fingerprint density at radius 3 is 2.61 bits per heavy atom. The van der Waals surface area contributed by atoms with Crippen molar-refractivity contribution in [1.29, 1.82) is 0 Å². The van der Waals surface area contributed by atoms with Gasteiger partial charge in [0.25, 0.3) is 5.91 Å². The van der Waals surface area contributed by atoms with Crippen LogP contribution >= 0.6 is 0 Å². The molecule has 1 amide bonds.